The Balaban J connectivity index is 1.97. The van der Waals surface area contributed by atoms with E-state index in [9.17, 15) is 4.79 Å². The van der Waals surface area contributed by atoms with Crippen molar-refractivity contribution in [2.75, 3.05) is 5.73 Å². The smallest absolute Gasteiger partial charge is 0.338 e. The van der Waals surface area contributed by atoms with Crippen molar-refractivity contribution in [3.8, 4) is 0 Å². The van der Waals surface area contributed by atoms with Gasteiger partial charge in [-0.2, -0.15) is 0 Å². The number of ether oxygens (including phenoxy) is 1. The minimum Gasteiger partial charge on any atom is -0.459 e. The minimum atomic E-state index is -0.249. The summed E-state index contributed by atoms with van der Waals surface area (Å²) in [5, 5.41) is 0. The molecule has 18 heavy (non-hydrogen) atoms. The van der Waals surface area contributed by atoms with Gasteiger partial charge < -0.3 is 10.5 Å². The van der Waals surface area contributed by atoms with Gasteiger partial charge in [-0.25, -0.2) is 4.79 Å². The summed E-state index contributed by atoms with van der Waals surface area (Å²) in [5.41, 5.74) is 7.98. The van der Waals surface area contributed by atoms with Crippen molar-refractivity contribution < 1.29 is 9.53 Å². The third kappa shape index (κ3) is 3.03. The van der Waals surface area contributed by atoms with Crippen molar-refractivity contribution in [2.45, 2.75) is 45.6 Å². The number of carbonyl (C=O) groups excluding carboxylic acids is 1. The van der Waals surface area contributed by atoms with Gasteiger partial charge >= 0.3 is 5.97 Å². The third-order valence-corrected chi connectivity index (χ3v) is 3.75. The van der Waals surface area contributed by atoms with Gasteiger partial charge in [0.1, 0.15) is 6.10 Å². The maximum atomic E-state index is 12.0. The SMILES string of the molecule is Cc1ccc(C(=O)OC2CCC(C)CC2)cc1N. The molecular formula is C15H21NO2. The number of esters is 1. The molecule has 0 aliphatic heterocycles. The zero-order valence-corrected chi connectivity index (χ0v) is 11.1. The summed E-state index contributed by atoms with van der Waals surface area (Å²) in [4.78, 5) is 12.0. The molecule has 0 radical (unpaired) electrons. The van der Waals surface area contributed by atoms with Crippen molar-refractivity contribution >= 4 is 11.7 Å². The van der Waals surface area contributed by atoms with Crippen LogP contribution in [0.2, 0.25) is 0 Å². The van der Waals surface area contributed by atoms with E-state index in [0.29, 0.717) is 11.3 Å². The molecule has 1 aromatic rings. The fourth-order valence-electron chi connectivity index (χ4n) is 2.33. The molecule has 1 saturated carbocycles. The van der Waals surface area contributed by atoms with Crippen LogP contribution in [0, 0.1) is 12.8 Å². The highest BCUT2D eigenvalue weighted by Gasteiger charge is 2.22. The average Bonchev–Trinajstić information content (AvgIpc) is 2.35. The monoisotopic (exact) mass is 247 g/mol. The summed E-state index contributed by atoms with van der Waals surface area (Å²) in [6.07, 6.45) is 4.33. The van der Waals surface area contributed by atoms with Gasteiger partial charge in [-0.1, -0.05) is 13.0 Å². The first kappa shape index (κ1) is 12.9. The second kappa shape index (κ2) is 5.42. The molecule has 98 valence electrons. The molecule has 1 aliphatic rings. The number of aryl methyl sites for hydroxylation is 1. The van der Waals surface area contributed by atoms with E-state index in [2.05, 4.69) is 6.92 Å². The average molecular weight is 247 g/mol. The second-order valence-electron chi connectivity index (χ2n) is 5.36. The Kier molecular flexibility index (Phi) is 3.90. The van der Waals surface area contributed by atoms with Gasteiger partial charge in [0.25, 0.3) is 0 Å². The van der Waals surface area contributed by atoms with Gasteiger partial charge in [0.2, 0.25) is 0 Å². The molecular weight excluding hydrogens is 226 g/mol. The molecule has 3 heteroatoms. The quantitative estimate of drug-likeness (QED) is 0.644. The van der Waals surface area contributed by atoms with E-state index in [0.717, 1.165) is 37.2 Å². The predicted molar refractivity (Wildman–Crippen MR) is 72.4 cm³/mol. The molecule has 1 fully saturated rings. The zero-order valence-electron chi connectivity index (χ0n) is 11.1. The lowest BCUT2D eigenvalue weighted by molar-refractivity contribution is 0.0174. The zero-order chi connectivity index (χ0) is 13.1. The number of carbonyl (C=O) groups is 1. The van der Waals surface area contributed by atoms with E-state index < -0.39 is 0 Å². The van der Waals surface area contributed by atoms with Crippen molar-refractivity contribution in [1.82, 2.24) is 0 Å². The van der Waals surface area contributed by atoms with E-state index >= 15 is 0 Å². The van der Waals surface area contributed by atoms with Crippen molar-refractivity contribution in [1.29, 1.82) is 0 Å². The molecule has 0 bridgehead atoms. The number of rotatable bonds is 2. The molecule has 2 N–H and O–H groups in total. The van der Waals surface area contributed by atoms with E-state index in [-0.39, 0.29) is 12.1 Å². The first-order valence-corrected chi connectivity index (χ1v) is 6.63. The van der Waals surface area contributed by atoms with Gasteiger partial charge in [-0.15, -0.1) is 0 Å². The molecule has 0 spiro atoms. The van der Waals surface area contributed by atoms with Crippen LogP contribution in [0.5, 0.6) is 0 Å². The number of anilines is 1. The molecule has 0 amide bonds. The summed E-state index contributed by atoms with van der Waals surface area (Å²) in [7, 11) is 0. The summed E-state index contributed by atoms with van der Waals surface area (Å²) in [6.45, 7) is 4.17. The summed E-state index contributed by atoms with van der Waals surface area (Å²) >= 11 is 0. The molecule has 0 saturated heterocycles. The highest BCUT2D eigenvalue weighted by molar-refractivity contribution is 5.90. The van der Waals surface area contributed by atoms with Crippen LogP contribution in [-0.2, 0) is 4.74 Å². The van der Waals surface area contributed by atoms with E-state index in [1.165, 1.54) is 0 Å². The van der Waals surface area contributed by atoms with Crippen molar-refractivity contribution in [3.05, 3.63) is 29.3 Å². The van der Waals surface area contributed by atoms with Crippen LogP contribution in [0.25, 0.3) is 0 Å². The fraction of sp³-hybridized carbons (Fsp3) is 0.533. The molecule has 1 aliphatic carbocycles. The lowest BCUT2D eigenvalue weighted by Crippen LogP contribution is -2.23. The Morgan fingerprint density at radius 1 is 1.28 bits per heavy atom. The normalized spacial score (nSPS) is 23.7. The van der Waals surface area contributed by atoms with Crippen LogP contribution in [-0.4, -0.2) is 12.1 Å². The summed E-state index contributed by atoms with van der Waals surface area (Å²) in [6, 6.07) is 5.33. The largest absolute Gasteiger partial charge is 0.459 e. The van der Waals surface area contributed by atoms with Crippen LogP contribution < -0.4 is 5.73 Å². The fourth-order valence-corrected chi connectivity index (χ4v) is 2.33. The second-order valence-corrected chi connectivity index (χ2v) is 5.36. The molecule has 1 aromatic carbocycles. The van der Waals surface area contributed by atoms with Crippen LogP contribution >= 0.6 is 0 Å². The molecule has 0 aromatic heterocycles. The standard InChI is InChI=1S/C15H21NO2/c1-10-3-7-13(8-4-10)18-15(17)12-6-5-11(2)14(16)9-12/h5-6,9-10,13H,3-4,7-8,16H2,1-2H3. The molecule has 0 atom stereocenters. The number of benzene rings is 1. The Bertz CT molecular complexity index is 434. The third-order valence-electron chi connectivity index (χ3n) is 3.75. The topological polar surface area (TPSA) is 52.3 Å². The first-order chi connectivity index (χ1) is 8.56. The predicted octanol–water partition coefficient (Wildman–Crippen LogP) is 3.31. The lowest BCUT2D eigenvalue weighted by Gasteiger charge is -2.26. The van der Waals surface area contributed by atoms with Crippen LogP contribution in [0.3, 0.4) is 0 Å². The van der Waals surface area contributed by atoms with E-state index in [1.54, 1.807) is 12.1 Å². The van der Waals surface area contributed by atoms with E-state index in [4.69, 9.17) is 10.5 Å². The highest BCUT2D eigenvalue weighted by atomic mass is 16.5. The van der Waals surface area contributed by atoms with Gasteiger partial charge in [0.15, 0.2) is 0 Å². The van der Waals surface area contributed by atoms with Crippen LogP contribution in [0.15, 0.2) is 18.2 Å². The van der Waals surface area contributed by atoms with Gasteiger partial charge in [-0.3, -0.25) is 0 Å². The lowest BCUT2D eigenvalue weighted by atomic mass is 9.89. The maximum absolute atomic E-state index is 12.0. The Morgan fingerprint density at radius 3 is 2.56 bits per heavy atom. The molecule has 2 rings (SSSR count). The Morgan fingerprint density at radius 2 is 1.94 bits per heavy atom. The minimum absolute atomic E-state index is 0.0798. The number of hydrogen-bond acceptors (Lipinski definition) is 3. The first-order valence-electron chi connectivity index (χ1n) is 6.63. The van der Waals surface area contributed by atoms with Gasteiger partial charge in [0.05, 0.1) is 5.56 Å². The van der Waals surface area contributed by atoms with Gasteiger partial charge in [0, 0.05) is 5.69 Å². The van der Waals surface area contributed by atoms with Crippen molar-refractivity contribution in [3.63, 3.8) is 0 Å². The molecule has 0 heterocycles. The number of nitrogen functional groups attached to an aromatic ring is 1. The Hall–Kier alpha value is -1.51. The molecule has 0 unspecified atom stereocenters. The maximum Gasteiger partial charge on any atom is 0.338 e. The van der Waals surface area contributed by atoms with Crippen molar-refractivity contribution in [2.24, 2.45) is 5.92 Å². The summed E-state index contributed by atoms with van der Waals surface area (Å²) < 4.78 is 5.53. The Labute approximate surface area is 108 Å². The van der Waals surface area contributed by atoms with Crippen LogP contribution in [0.4, 0.5) is 5.69 Å². The van der Waals surface area contributed by atoms with Gasteiger partial charge in [-0.05, 0) is 56.2 Å². The van der Waals surface area contributed by atoms with Crippen LogP contribution in [0.1, 0.15) is 48.5 Å². The number of hydrogen-bond donors (Lipinski definition) is 1. The highest BCUT2D eigenvalue weighted by Crippen LogP contribution is 2.26. The summed E-state index contributed by atoms with van der Waals surface area (Å²) in [5.74, 6) is 0.510. The number of nitrogens with two attached hydrogens (primary N) is 1. The molecule has 3 nitrogen and oxygen atoms in total. The van der Waals surface area contributed by atoms with E-state index in [1.807, 2.05) is 13.0 Å².